The number of esters is 1. The number of aryl methyl sites for hydroxylation is 1. The SMILES string of the molecule is COC(=O)c1c(C)[nH]c2c1[C@@]13C[C@@H]1CN(C(=O)c1cc4cc(OC)c(OCCN=[N+]=[N-])c(OC)c4[nH]1)C3=CC2=O. The Hall–Kier alpha value is -4.90. The molecule has 2 fully saturated rings. The Morgan fingerprint density at radius 2 is 2.00 bits per heavy atom. The van der Waals surface area contributed by atoms with Crippen LogP contribution in [-0.2, 0) is 10.2 Å². The third kappa shape index (κ3) is 3.40. The Morgan fingerprint density at radius 3 is 2.70 bits per heavy atom. The van der Waals surface area contributed by atoms with Crippen LogP contribution in [-0.4, -0.2) is 73.6 Å². The average Bonchev–Trinajstić information content (AvgIpc) is 3.21. The van der Waals surface area contributed by atoms with E-state index in [1.807, 2.05) is 0 Å². The van der Waals surface area contributed by atoms with Crippen LogP contribution >= 0.6 is 0 Å². The lowest BCUT2D eigenvalue weighted by Gasteiger charge is -2.28. The minimum atomic E-state index is -0.590. The molecule has 0 bridgehead atoms. The summed E-state index contributed by atoms with van der Waals surface area (Å²) in [5.41, 5.74) is 11.3. The van der Waals surface area contributed by atoms with E-state index in [2.05, 4.69) is 20.0 Å². The maximum absolute atomic E-state index is 13.9. The molecule has 0 unspecified atom stereocenters. The number of aromatic nitrogens is 2. The average molecular weight is 547 g/mol. The molecular weight excluding hydrogens is 520 g/mol. The lowest BCUT2D eigenvalue weighted by Crippen LogP contribution is -2.34. The van der Waals surface area contributed by atoms with Crippen molar-refractivity contribution in [1.29, 1.82) is 0 Å². The van der Waals surface area contributed by atoms with E-state index in [4.69, 9.17) is 24.5 Å². The number of rotatable bonds is 8. The number of ether oxygens (including phenoxy) is 4. The second kappa shape index (κ2) is 9.09. The molecule has 1 saturated carbocycles. The zero-order chi connectivity index (χ0) is 28.3. The highest BCUT2D eigenvalue weighted by Crippen LogP contribution is 2.67. The van der Waals surface area contributed by atoms with Crippen molar-refractivity contribution in [3.05, 3.63) is 62.6 Å². The van der Waals surface area contributed by atoms with Crippen molar-refractivity contribution < 1.29 is 33.3 Å². The number of likely N-dealkylation sites (tertiary alicyclic amines) is 1. The molecule has 3 aliphatic rings. The van der Waals surface area contributed by atoms with E-state index in [0.717, 1.165) is 6.42 Å². The summed E-state index contributed by atoms with van der Waals surface area (Å²) in [6, 6.07) is 3.41. The van der Waals surface area contributed by atoms with Gasteiger partial charge in [0.2, 0.25) is 11.5 Å². The van der Waals surface area contributed by atoms with Crippen molar-refractivity contribution in [1.82, 2.24) is 14.9 Å². The number of H-pyrrole nitrogens is 2. The Kier molecular flexibility index (Phi) is 5.77. The Morgan fingerprint density at radius 1 is 1.20 bits per heavy atom. The number of aromatic amines is 2. The Bertz CT molecular complexity index is 1690. The molecule has 6 rings (SSSR count). The van der Waals surface area contributed by atoms with E-state index in [-0.39, 0.29) is 36.5 Å². The van der Waals surface area contributed by atoms with Gasteiger partial charge in [0.25, 0.3) is 5.91 Å². The van der Waals surface area contributed by atoms with Crippen molar-refractivity contribution in [2.45, 2.75) is 18.8 Å². The number of carbonyl (C=O) groups excluding carboxylic acids is 3. The summed E-state index contributed by atoms with van der Waals surface area (Å²) in [5.74, 6) is -0.0210. The molecule has 2 atom stereocenters. The number of carbonyl (C=O) groups is 3. The topological polar surface area (TPSA) is 172 Å². The van der Waals surface area contributed by atoms with Gasteiger partial charge in [0, 0.05) is 45.3 Å². The van der Waals surface area contributed by atoms with Crippen molar-refractivity contribution in [2.24, 2.45) is 11.0 Å². The van der Waals surface area contributed by atoms with E-state index in [0.29, 0.717) is 62.9 Å². The van der Waals surface area contributed by atoms with E-state index < -0.39 is 11.4 Å². The van der Waals surface area contributed by atoms with Gasteiger partial charge in [0.05, 0.1) is 51.3 Å². The van der Waals surface area contributed by atoms with Crippen LogP contribution < -0.4 is 14.2 Å². The third-order valence-electron chi connectivity index (χ3n) is 7.99. The van der Waals surface area contributed by atoms with Gasteiger partial charge in [-0.2, -0.15) is 0 Å². The van der Waals surface area contributed by atoms with Gasteiger partial charge in [-0.05, 0) is 36.9 Å². The lowest BCUT2D eigenvalue weighted by atomic mass is 9.82. The molecule has 1 aliphatic heterocycles. The summed E-state index contributed by atoms with van der Waals surface area (Å²) in [6.07, 6.45) is 2.24. The number of hydrogen-bond donors (Lipinski definition) is 2. The van der Waals surface area contributed by atoms with Gasteiger partial charge < -0.3 is 33.8 Å². The van der Waals surface area contributed by atoms with E-state index in [1.165, 1.54) is 27.4 Å². The molecule has 3 heterocycles. The Balaban J connectivity index is 1.38. The van der Waals surface area contributed by atoms with Crippen LogP contribution in [0.15, 0.2) is 29.0 Å². The number of benzene rings is 1. The van der Waals surface area contributed by atoms with Gasteiger partial charge >= 0.3 is 5.97 Å². The van der Waals surface area contributed by atoms with Gasteiger partial charge in [0.1, 0.15) is 5.69 Å². The molecule has 2 N–H and O–H groups in total. The number of azide groups is 1. The zero-order valence-electron chi connectivity index (χ0n) is 22.3. The summed E-state index contributed by atoms with van der Waals surface area (Å²) in [4.78, 5) is 50.3. The standard InChI is InChI=1S/C27H26N6O7/c1-12-19(26(36)39-4)20-22(30-12)16(34)9-18-27(20)10-14(27)11-33(18)25(35)15-7-13-8-17(37-2)23(40-6-5-29-32-28)24(38-3)21(13)31-15/h7-9,14,30-31H,5-6,10-11H2,1-4H3/t14-,27+/m1/s1. The number of hydrogen-bond acceptors (Lipinski definition) is 8. The number of ketones is 1. The molecule has 1 amide bonds. The van der Waals surface area contributed by atoms with Gasteiger partial charge in [0.15, 0.2) is 11.5 Å². The summed E-state index contributed by atoms with van der Waals surface area (Å²) < 4.78 is 21.9. The van der Waals surface area contributed by atoms with Gasteiger partial charge in [-0.15, -0.1) is 0 Å². The van der Waals surface area contributed by atoms with Crippen molar-refractivity contribution in [3.8, 4) is 17.2 Å². The number of nitrogens with zero attached hydrogens (tertiary/aromatic N) is 4. The highest BCUT2D eigenvalue weighted by Gasteiger charge is 2.69. The second-order valence-electron chi connectivity index (χ2n) is 9.94. The second-order valence-corrected chi connectivity index (χ2v) is 9.94. The first-order valence-corrected chi connectivity index (χ1v) is 12.6. The highest BCUT2D eigenvalue weighted by molar-refractivity contribution is 6.12. The molecule has 13 nitrogen and oxygen atoms in total. The highest BCUT2D eigenvalue weighted by atomic mass is 16.5. The molecule has 2 aromatic heterocycles. The largest absolute Gasteiger partial charge is 0.493 e. The van der Waals surface area contributed by atoms with Crippen molar-refractivity contribution >= 4 is 28.6 Å². The maximum atomic E-state index is 13.9. The van der Waals surface area contributed by atoms with Crippen LogP contribution in [0.25, 0.3) is 21.3 Å². The van der Waals surface area contributed by atoms with Crippen LogP contribution in [0, 0.1) is 12.8 Å². The molecule has 206 valence electrons. The lowest BCUT2D eigenvalue weighted by molar-refractivity contribution is 0.0598. The van der Waals surface area contributed by atoms with Crippen LogP contribution in [0.1, 0.15) is 49.0 Å². The maximum Gasteiger partial charge on any atom is 0.340 e. The van der Waals surface area contributed by atoms with Crippen molar-refractivity contribution in [2.75, 3.05) is 41.0 Å². The van der Waals surface area contributed by atoms with E-state index >= 15 is 0 Å². The number of nitrogens with one attached hydrogen (secondary N) is 2. The Labute approximate surface area is 227 Å². The van der Waals surface area contributed by atoms with Crippen LogP contribution in [0.3, 0.4) is 0 Å². The van der Waals surface area contributed by atoms with Gasteiger partial charge in [-0.3, -0.25) is 9.59 Å². The quantitative estimate of drug-likeness (QED) is 0.142. The van der Waals surface area contributed by atoms with E-state index in [9.17, 15) is 14.4 Å². The smallest absolute Gasteiger partial charge is 0.340 e. The number of fused-ring (bicyclic) bond motifs is 2. The number of piperidine rings is 1. The summed E-state index contributed by atoms with van der Waals surface area (Å²) in [5, 5.41) is 4.13. The van der Waals surface area contributed by atoms with E-state index in [1.54, 1.807) is 24.0 Å². The minimum absolute atomic E-state index is 0.0724. The number of methoxy groups -OCH3 is 3. The molecule has 1 aromatic carbocycles. The molecule has 3 aromatic rings. The monoisotopic (exact) mass is 546 g/mol. The zero-order valence-corrected chi connectivity index (χ0v) is 22.3. The molecule has 0 radical (unpaired) electrons. The fourth-order valence-corrected chi connectivity index (χ4v) is 6.25. The summed E-state index contributed by atoms with van der Waals surface area (Å²) in [6.45, 7) is 2.36. The third-order valence-corrected chi connectivity index (χ3v) is 7.99. The van der Waals surface area contributed by atoms with Gasteiger partial charge in [-0.25, -0.2) is 4.79 Å². The fourth-order valence-electron chi connectivity index (χ4n) is 6.25. The summed E-state index contributed by atoms with van der Waals surface area (Å²) >= 11 is 0. The first-order chi connectivity index (χ1) is 19.3. The first-order valence-electron chi connectivity index (χ1n) is 12.6. The summed E-state index contributed by atoms with van der Waals surface area (Å²) in [7, 11) is 4.27. The number of amides is 1. The minimum Gasteiger partial charge on any atom is -0.493 e. The van der Waals surface area contributed by atoms with Crippen molar-refractivity contribution in [3.63, 3.8) is 0 Å². The normalized spacial score (nSPS) is 20.2. The van der Waals surface area contributed by atoms with Crippen LogP contribution in [0.5, 0.6) is 17.2 Å². The molecule has 2 aliphatic carbocycles. The molecule has 1 saturated heterocycles. The molecular formula is C27H26N6O7. The predicted octanol–water partition coefficient (Wildman–Crippen LogP) is 3.79. The predicted molar refractivity (Wildman–Crippen MR) is 141 cm³/mol. The molecule has 1 spiro atoms. The van der Waals surface area contributed by atoms with Crippen LogP contribution in [0.2, 0.25) is 0 Å². The first kappa shape index (κ1) is 25.4. The van der Waals surface area contributed by atoms with Crippen LogP contribution in [0.4, 0.5) is 0 Å². The van der Waals surface area contributed by atoms with Gasteiger partial charge in [-0.1, -0.05) is 5.11 Å². The number of allylic oxidation sites excluding steroid dienone is 2. The molecule has 13 heteroatoms. The fraction of sp³-hybridized carbons (Fsp3) is 0.370. The molecule has 40 heavy (non-hydrogen) atoms.